The molecule has 2 atom stereocenters. The molecular formula is C13H18ClNO. The van der Waals surface area contributed by atoms with Crippen LogP contribution in [0.15, 0.2) is 24.3 Å². The molecule has 0 heterocycles. The lowest BCUT2D eigenvalue weighted by Crippen LogP contribution is -2.26. The Morgan fingerprint density at radius 1 is 1.50 bits per heavy atom. The number of hydrogen-bond donors (Lipinski definition) is 2. The summed E-state index contributed by atoms with van der Waals surface area (Å²) in [6.45, 7) is 5.02. The van der Waals surface area contributed by atoms with Crippen molar-refractivity contribution in [3.05, 3.63) is 34.9 Å². The third-order valence-electron chi connectivity index (χ3n) is 3.34. The summed E-state index contributed by atoms with van der Waals surface area (Å²) in [5, 5.41) is 14.0. The van der Waals surface area contributed by atoms with E-state index in [9.17, 15) is 5.11 Å². The fraction of sp³-hybridized carbons (Fsp3) is 0.538. The molecule has 1 aromatic carbocycles. The second kappa shape index (κ2) is 4.36. The van der Waals surface area contributed by atoms with E-state index in [-0.39, 0.29) is 0 Å². The summed E-state index contributed by atoms with van der Waals surface area (Å²) in [6.07, 6.45) is 0.660. The molecule has 0 amide bonds. The second-order valence-electron chi connectivity index (χ2n) is 5.19. The van der Waals surface area contributed by atoms with Crippen LogP contribution in [0.2, 0.25) is 5.02 Å². The molecule has 0 aromatic heterocycles. The minimum atomic E-state index is -0.523. The van der Waals surface area contributed by atoms with Crippen molar-refractivity contribution in [2.45, 2.75) is 32.4 Å². The number of aliphatic hydroxyl groups is 1. The first-order chi connectivity index (χ1) is 7.50. The molecule has 2 nitrogen and oxygen atoms in total. The van der Waals surface area contributed by atoms with E-state index in [1.54, 1.807) is 6.07 Å². The molecule has 1 aliphatic rings. The van der Waals surface area contributed by atoms with Gasteiger partial charge in [0.05, 0.1) is 6.10 Å². The van der Waals surface area contributed by atoms with Crippen LogP contribution < -0.4 is 5.32 Å². The molecule has 0 bridgehead atoms. The zero-order valence-electron chi connectivity index (χ0n) is 9.70. The van der Waals surface area contributed by atoms with Gasteiger partial charge in [0.1, 0.15) is 0 Å². The number of benzene rings is 1. The monoisotopic (exact) mass is 239 g/mol. The van der Waals surface area contributed by atoms with E-state index in [4.69, 9.17) is 11.6 Å². The molecule has 0 saturated heterocycles. The summed E-state index contributed by atoms with van der Waals surface area (Å²) in [5.41, 5.74) is 1.19. The summed E-state index contributed by atoms with van der Waals surface area (Å²) in [4.78, 5) is 0. The summed E-state index contributed by atoms with van der Waals surface area (Å²) in [6, 6.07) is 7.97. The van der Waals surface area contributed by atoms with Crippen LogP contribution in [-0.4, -0.2) is 17.7 Å². The molecule has 1 aromatic rings. The lowest BCUT2D eigenvalue weighted by atomic mass is 10.1. The molecular weight excluding hydrogens is 222 g/mol. The third-order valence-corrected chi connectivity index (χ3v) is 3.68. The van der Waals surface area contributed by atoms with E-state index in [0.29, 0.717) is 23.0 Å². The van der Waals surface area contributed by atoms with Crippen molar-refractivity contribution in [3.63, 3.8) is 0 Å². The molecule has 3 heteroatoms. The van der Waals surface area contributed by atoms with Gasteiger partial charge < -0.3 is 10.4 Å². The molecule has 1 saturated carbocycles. The lowest BCUT2D eigenvalue weighted by Gasteiger charge is -2.14. The summed E-state index contributed by atoms with van der Waals surface area (Å²) < 4.78 is 0. The highest BCUT2D eigenvalue weighted by Crippen LogP contribution is 2.44. The average Bonchev–Trinajstić information content (AvgIpc) is 2.84. The van der Waals surface area contributed by atoms with Gasteiger partial charge in [0.25, 0.3) is 0 Å². The largest absolute Gasteiger partial charge is 0.387 e. The third kappa shape index (κ3) is 2.57. The van der Waals surface area contributed by atoms with E-state index in [1.165, 1.54) is 6.42 Å². The highest BCUT2D eigenvalue weighted by Gasteiger charge is 2.45. The maximum absolute atomic E-state index is 10.0. The van der Waals surface area contributed by atoms with Gasteiger partial charge in [0.2, 0.25) is 0 Å². The molecule has 2 unspecified atom stereocenters. The van der Waals surface area contributed by atoms with Crippen molar-refractivity contribution in [2.24, 2.45) is 5.41 Å². The number of halogens is 1. The molecule has 2 N–H and O–H groups in total. The molecule has 16 heavy (non-hydrogen) atoms. The van der Waals surface area contributed by atoms with Gasteiger partial charge in [-0.25, -0.2) is 0 Å². The van der Waals surface area contributed by atoms with Crippen molar-refractivity contribution >= 4 is 11.6 Å². The van der Waals surface area contributed by atoms with Crippen molar-refractivity contribution in [1.82, 2.24) is 5.32 Å². The van der Waals surface area contributed by atoms with Crippen LogP contribution in [0, 0.1) is 5.41 Å². The molecule has 0 spiro atoms. The van der Waals surface area contributed by atoms with Crippen LogP contribution in [0.5, 0.6) is 0 Å². The van der Waals surface area contributed by atoms with Crippen LogP contribution in [0.25, 0.3) is 0 Å². The SMILES string of the molecule is CC1(C)CC1NCC(O)c1ccccc1Cl. The van der Waals surface area contributed by atoms with Gasteiger partial charge in [-0.3, -0.25) is 0 Å². The molecule has 88 valence electrons. The van der Waals surface area contributed by atoms with E-state index >= 15 is 0 Å². The summed E-state index contributed by atoms with van der Waals surface area (Å²) in [7, 11) is 0. The standard InChI is InChI=1S/C13H18ClNO/c1-13(2)7-12(13)15-8-11(16)9-5-3-4-6-10(9)14/h3-6,11-12,15-16H,7-8H2,1-2H3. The number of hydrogen-bond acceptors (Lipinski definition) is 2. The van der Waals surface area contributed by atoms with Gasteiger partial charge >= 0.3 is 0 Å². The second-order valence-corrected chi connectivity index (χ2v) is 5.60. The number of aliphatic hydroxyl groups excluding tert-OH is 1. The maximum atomic E-state index is 10.0. The van der Waals surface area contributed by atoms with Crippen molar-refractivity contribution in [3.8, 4) is 0 Å². The van der Waals surface area contributed by atoms with E-state index < -0.39 is 6.10 Å². The number of rotatable bonds is 4. The van der Waals surface area contributed by atoms with E-state index in [2.05, 4.69) is 19.2 Å². The normalized spacial score (nSPS) is 24.1. The molecule has 1 aliphatic carbocycles. The summed E-state index contributed by atoms with van der Waals surface area (Å²) in [5.74, 6) is 0. The highest BCUT2D eigenvalue weighted by atomic mass is 35.5. The Bertz CT molecular complexity index is 378. The predicted octanol–water partition coefficient (Wildman–Crippen LogP) is 2.76. The Morgan fingerprint density at radius 2 is 2.12 bits per heavy atom. The van der Waals surface area contributed by atoms with Gasteiger partial charge in [0.15, 0.2) is 0 Å². The Morgan fingerprint density at radius 3 is 2.69 bits per heavy atom. The van der Waals surface area contributed by atoms with Crippen LogP contribution in [0.1, 0.15) is 31.9 Å². The van der Waals surface area contributed by atoms with Crippen molar-refractivity contribution in [2.75, 3.05) is 6.54 Å². The molecule has 2 rings (SSSR count). The van der Waals surface area contributed by atoms with Crippen molar-refractivity contribution < 1.29 is 5.11 Å². The Kier molecular flexibility index (Phi) is 3.24. The molecule has 0 aliphatic heterocycles. The fourth-order valence-corrected chi connectivity index (χ4v) is 2.19. The van der Waals surface area contributed by atoms with E-state index in [1.807, 2.05) is 18.2 Å². The Balaban J connectivity index is 1.89. The zero-order valence-corrected chi connectivity index (χ0v) is 10.5. The minimum Gasteiger partial charge on any atom is -0.387 e. The quantitative estimate of drug-likeness (QED) is 0.847. The van der Waals surface area contributed by atoms with Gasteiger partial charge in [-0.15, -0.1) is 0 Å². The van der Waals surface area contributed by atoms with Gasteiger partial charge in [-0.2, -0.15) is 0 Å². The maximum Gasteiger partial charge on any atom is 0.0928 e. The molecule has 0 radical (unpaired) electrons. The average molecular weight is 240 g/mol. The van der Waals surface area contributed by atoms with Crippen LogP contribution in [-0.2, 0) is 0 Å². The van der Waals surface area contributed by atoms with Crippen LogP contribution in [0.4, 0.5) is 0 Å². The first-order valence-corrected chi connectivity index (χ1v) is 6.04. The van der Waals surface area contributed by atoms with E-state index in [0.717, 1.165) is 5.56 Å². The molecule has 1 fully saturated rings. The van der Waals surface area contributed by atoms with Crippen LogP contribution >= 0.6 is 11.6 Å². The lowest BCUT2D eigenvalue weighted by molar-refractivity contribution is 0.173. The minimum absolute atomic E-state index is 0.389. The zero-order chi connectivity index (χ0) is 11.8. The summed E-state index contributed by atoms with van der Waals surface area (Å²) >= 11 is 6.02. The van der Waals surface area contributed by atoms with Gasteiger partial charge in [-0.1, -0.05) is 43.6 Å². The van der Waals surface area contributed by atoms with Crippen LogP contribution in [0.3, 0.4) is 0 Å². The Hall–Kier alpha value is -0.570. The topological polar surface area (TPSA) is 32.3 Å². The van der Waals surface area contributed by atoms with Gasteiger partial charge in [-0.05, 0) is 17.9 Å². The highest BCUT2D eigenvalue weighted by molar-refractivity contribution is 6.31. The number of nitrogens with one attached hydrogen (secondary N) is 1. The fourth-order valence-electron chi connectivity index (χ4n) is 1.92. The first-order valence-electron chi connectivity index (χ1n) is 5.66. The van der Waals surface area contributed by atoms with Crippen molar-refractivity contribution in [1.29, 1.82) is 0 Å². The Labute approximate surface area is 102 Å². The predicted molar refractivity (Wildman–Crippen MR) is 66.6 cm³/mol. The van der Waals surface area contributed by atoms with Gasteiger partial charge in [0, 0.05) is 23.2 Å². The first kappa shape index (κ1) is 11.9. The smallest absolute Gasteiger partial charge is 0.0928 e.